The predicted octanol–water partition coefficient (Wildman–Crippen LogP) is 3.26. The highest BCUT2D eigenvalue weighted by Gasteiger charge is 1.99. The number of nitrogens with one attached hydrogen (secondary N) is 1. The first-order valence-electron chi connectivity index (χ1n) is 5.78. The quantitative estimate of drug-likeness (QED) is 0.852. The molecule has 94 valence electrons. The summed E-state index contributed by atoms with van der Waals surface area (Å²) in [6.45, 7) is 0.434. The molecule has 2 aromatic carbocycles. The maximum atomic E-state index is 10.9. The topological polar surface area (TPSA) is 29.1 Å². The lowest BCUT2D eigenvalue weighted by Gasteiger charge is -2.05. The van der Waals surface area contributed by atoms with Crippen LogP contribution in [0.3, 0.4) is 0 Å². The number of hydrogen-bond donors (Lipinski definition) is 1. The average Bonchev–Trinajstić information content (AvgIpc) is 2.46. The molecule has 0 spiro atoms. The molecule has 0 saturated carbocycles. The molecule has 0 fully saturated rings. The Balaban J connectivity index is 2.08. The van der Waals surface area contributed by atoms with Crippen LogP contribution >= 0.6 is 11.6 Å². The standard InChI is InChI=1S/C16H12ClNO/c1-2-16(19)18-11-12-3-5-13(6-4-12)14-7-9-15(17)10-8-14/h1,3-10H,11H2,(H,18,19). The third-order valence-corrected chi connectivity index (χ3v) is 2.97. The molecule has 0 unspecified atom stereocenters. The second-order valence-corrected chi connectivity index (χ2v) is 4.47. The van der Waals surface area contributed by atoms with Gasteiger partial charge < -0.3 is 5.32 Å². The van der Waals surface area contributed by atoms with Crippen LogP contribution in [0.2, 0.25) is 5.02 Å². The Morgan fingerprint density at radius 1 is 1.05 bits per heavy atom. The van der Waals surface area contributed by atoms with E-state index < -0.39 is 5.91 Å². The van der Waals surface area contributed by atoms with E-state index in [2.05, 4.69) is 5.32 Å². The summed E-state index contributed by atoms with van der Waals surface area (Å²) in [4.78, 5) is 10.9. The first-order valence-corrected chi connectivity index (χ1v) is 6.16. The number of carbonyl (C=O) groups excluding carboxylic acids is 1. The summed E-state index contributed by atoms with van der Waals surface area (Å²) in [5, 5.41) is 3.34. The highest BCUT2D eigenvalue weighted by molar-refractivity contribution is 6.30. The van der Waals surface area contributed by atoms with Crippen LogP contribution in [0.4, 0.5) is 0 Å². The van der Waals surface area contributed by atoms with E-state index in [0.717, 1.165) is 21.7 Å². The minimum Gasteiger partial charge on any atom is -0.341 e. The van der Waals surface area contributed by atoms with E-state index in [0.29, 0.717) is 6.54 Å². The van der Waals surface area contributed by atoms with Gasteiger partial charge in [-0.25, -0.2) is 0 Å². The van der Waals surface area contributed by atoms with Crippen molar-refractivity contribution in [2.24, 2.45) is 0 Å². The zero-order chi connectivity index (χ0) is 13.7. The summed E-state index contributed by atoms with van der Waals surface area (Å²) in [5.41, 5.74) is 3.20. The van der Waals surface area contributed by atoms with E-state index in [1.54, 1.807) is 0 Å². The van der Waals surface area contributed by atoms with Crippen LogP contribution in [0.15, 0.2) is 48.5 Å². The summed E-state index contributed by atoms with van der Waals surface area (Å²) in [7, 11) is 0. The van der Waals surface area contributed by atoms with Crippen molar-refractivity contribution >= 4 is 17.5 Å². The highest BCUT2D eigenvalue weighted by Crippen LogP contribution is 2.21. The van der Waals surface area contributed by atoms with Crippen LogP contribution in [-0.4, -0.2) is 5.91 Å². The molecule has 0 radical (unpaired) electrons. The van der Waals surface area contributed by atoms with Gasteiger partial charge in [0.05, 0.1) is 0 Å². The van der Waals surface area contributed by atoms with Crippen molar-refractivity contribution in [2.45, 2.75) is 6.54 Å². The monoisotopic (exact) mass is 269 g/mol. The second-order valence-electron chi connectivity index (χ2n) is 4.03. The smallest absolute Gasteiger partial charge is 0.295 e. The summed E-state index contributed by atoms with van der Waals surface area (Å²) < 4.78 is 0. The molecule has 0 aliphatic rings. The predicted molar refractivity (Wildman–Crippen MR) is 77.6 cm³/mol. The maximum absolute atomic E-state index is 10.9. The zero-order valence-corrected chi connectivity index (χ0v) is 10.9. The molecule has 3 heteroatoms. The van der Waals surface area contributed by atoms with Gasteiger partial charge in [0.15, 0.2) is 0 Å². The molecule has 1 N–H and O–H groups in total. The van der Waals surface area contributed by atoms with E-state index in [1.807, 2.05) is 54.5 Å². The number of hydrogen-bond acceptors (Lipinski definition) is 1. The van der Waals surface area contributed by atoms with Gasteiger partial charge in [0.1, 0.15) is 0 Å². The highest BCUT2D eigenvalue weighted by atomic mass is 35.5. The summed E-state index contributed by atoms with van der Waals surface area (Å²) in [6, 6.07) is 15.6. The van der Waals surface area contributed by atoms with Gasteiger partial charge in [-0.15, -0.1) is 6.42 Å². The van der Waals surface area contributed by atoms with Gasteiger partial charge in [0, 0.05) is 11.6 Å². The number of benzene rings is 2. The molecular formula is C16H12ClNO. The van der Waals surface area contributed by atoms with E-state index >= 15 is 0 Å². The minimum absolute atomic E-state index is 0.401. The number of halogens is 1. The fourth-order valence-electron chi connectivity index (χ4n) is 1.69. The SMILES string of the molecule is C#CC(=O)NCc1ccc(-c2ccc(Cl)cc2)cc1. The molecule has 0 bridgehead atoms. The van der Waals surface area contributed by atoms with Gasteiger partial charge in [0.2, 0.25) is 0 Å². The molecule has 0 aliphatic carbocycles. The van der Waals surface area contributed by atoms with Crippen molar-refractivity contribution < 1.29 is 4.79 Å². The number of carbonyl (C=O) groups is 1. The van der Waals surface area contributed by atoms with Gasteiger partial charge in [-0.05, 0) is 34.7 Å². The van der Waals surface area contributed by atoms with Crippen LogP contribution in [0.1, 0.15) is 5.56 Å². The molecule has 19 heavy (non-hydrogen) atoms. The lowest BCUT2D eigenvalue weighted by atomic mass is 10.0. The van der Waals surface area contributed by atoms with Crippen molar-refractivity contribution in [3.63, 3.8) is 0 Å². The zero-order valence-electron chi connectivity index (χ0n) is 10.2. The first-order chi connectivity index (χ1) is 9.19. The van der Waals surface area contributed by atoms with Crippen molar-refractivity contribution in [1.29, 1.82) is 0 Å². The van der Waals surface area contributed by atoms with Crippen molar-refractivity contribution in [1.82, 2.24) is 5.32 Å². The number of terminal acetylenes is 1. The molecule has 0 aliphatic heterocycles. The Bertz CT molecular complexity index is 609. The van der Waals surface area contributed by atoms with E-state index in [4.69, 9.17) is 18.0 Å². The van der Waals surface area contributed by atoms with E-state index in [1.165, 1.54) is 0 Å². The van der Waals surface area contributed by atoms with Gasteiger partial charge in [-0.1, -0.05) is 48.0 Å². The number of amides is 1. The van der Waals surface area contributed by atoms with Crippen LogP contribution < -0.4 is 5.32 Å². The Morgan fingerprint density at radius 2 is 1.58 bits per heavy atom. The average molecular weight is 270 g/mol. The lowest BCUT2D eigenvalue weighted by Crippen LogP contribution is -2.20. The minimum atomic E-state index is -0.401. The molecule has 0 atom stereocenters. The van der Waals surface area contributed by atoms with Crippen molar-refractivity contribution in [3.8, 4) is 23.5 Å². The summed E-state index contributed by atoms with van der Waals surface area (Å²) >= 11 is 5.85. The fraction of sp³-hybridized carbons (Fsp3) is 0.0625. The molecule has 0 heterocycles. The molecule has 0 saturated heterocycles. The van der Waals surface area contributed by atoms with E-state index in [9.17, 15) is 4.79 Å². The Kier molecular flexibility index (Phi) is 4.22. The molecule has 2 nitrogen and oxygen atoms in total. The third-order valence-electron chi connectivity index (χ3n) is 2.72. The summed E-state index contributed by atoms with van der Waals surface area (Å²) in [5.74, 6) is 1.61. The van der Waals surface area contributed by atoms with Crippen LogP contribution in [-0.2, 0) is 11.3 Å². The Labute approximate surface area is 117 Å². The van der Waals surface area contributed by atoms with Gasteiger partial charge >= 0.3 is 0 Å². The second kappa shape index (κ2) is 6.08. The molecule has 0 aromatic heterocycles. The molecule has 2 aromatic rings. The van der Waals surface area contributed by atoms with Gasteiger partial charge in [-0.2, -0.15) is 0 Å². The van der Waals surface area contributed by atoms with Crippen molar-refractivity contribution in [3.05, 3.63) is 59.1 Å². The van der Waals surface area contributed by atoms with Crippen LogP contribution in [0.5, 0.6) is 0 Å². The maximum Gasteiger partial charge on any atom is 0.295 e. The summed E-state index contributed by atoms with van der Waals surface area (Å²) in [6.07, 6.45) is 4.98. The lowest BCUT2D eigenvalue weighted by molar-refractivity contribution is -0.115. The van der Waals surface area contributed by atoms with Gasteiger partial charge in [-0.3, -0.25) is 4.79 Å². The van der Waals surface area contributed by atoms with Crippen molar-refractivity contribution in [2.75, 3.05) is 0 Å². The van der Waals surface area contributed by atoms with Crippen LogP contribution in [0, 0.1) is 12.3 Å². The largest absolute Gasteiger partial charge is 0.341 e. The molecule has 2 rings (SSSR count). The Morgan fingerprint density at radius 3 is 2.11 bits per heavy atom. The molecule has 1 amide bonds. The fourth-order valence-corrected chi connectivity index (χ4v) is 1.82. The number of rotatable bonds is 3. The van der Waals surface area contributed by atoms with Gasteiger partial charge in [0.25, 0.3) is 5.91 Å². The third kappa shape index (κ3) is 3.61. The van der Waals surface area contributed by atoms with Crippen LogP contribution in [0.25, 0.3) is 11.1 Å². The molecular weight excluding hydrogens is 258 g/mol. The van der Waals surface area contributed by atoms with E-state index in [-0.39, 0.29) is 0 Å². The Hall–Kier alpha value is -2.24. The first kappa shape index (κ1) is 13.2. The normalized spacial score (nSPS) is 9.68.